The molecule has 0 amide bonds. The van der Waals surface area contributed by atoms with Gasteiger partial charge in [-0.3, -0.25) is 4.98 Å². The number of nitrogens with one attached hydrogen (secondary N) is 2. The molecule has 0 saturated carbocycles. The smallest absolute Gasteiger partial charge is 0.0968 e. The average molecular weight is 323 g/mol. The van der Waals surface area contributed by atoms with E-state index in [1.807, 2.05) is 12.3 Å². The van der Waals surface area contributed by atoms with E-state index in [4.69, 9.17) is 4.74 Å². The van der Waals surface area contributed by atoms with Crippen molar-refractivity contribution in [1.29, 1.82) is 0 Å². The zero-order chi connectivity index (χ0) is 15.6. The molecule has 2 heterocycles. The lowest BCUT2D eigenvalue weighted by molar-refractivity contribution is 0.211. The second-order valence-corrected chi connectivity index (χ2v) is 6.21. The Balaban J connectivity index is 1.91. The van der Waals surface area contributed by atoms with Crippen molar-refractivity contribution in [2.45, 2.75) is 4.90 Å². The third kappa shape index (κ3) is 2.52. The Hall–Kier alpha value is -2.24. The van der Waals surface area contributed by atoms with Gasteiger partial charge in [0.2, 0.25) is 0 Å². The van der Waals surface area contributed by atoms with E-state index in [0.717, 1.165) is 28.8 Å². The molecular formula is C18H17N3OS. The number of pyridine rings is 1. The molecule has 0 atom stereocenters. The van der Waals surface area contributed by atoms with Crippen LogP contribution in [-0.4, -0.2) is 25.2 Å². The summed E-state index contributed by atoms with van der Waals surface area (Å²) >= 11 is 1.64. The van der Waals surface area contributed by atoms with Crippen LogP contribution < -0.4 is 10.0 Å². The van der Waals surface area contributed by atoms with E-state index in [9.17, 15) is 0 Å². The maximum atomic E-state index is 5.15. The average Bonchev–Trinajstić information content (AvgIpc) is 2.62. The predicted molar refractivity (Wildman–Crippen MR) is 97.0 cm³/mol. The van der Waals surface area contributed by atoms with Crippen molar-refractivity contribution in [3.05, 3.63) is 48.7 Å². The molecular weight excluding hydrogens is 306 g/mol. The molecule has 2 aromatic carbocycles. The van der Waals surface area contributed by atoms with Crippen molar-refractivity contribution in [1.82, 2.24) is 4.98 Å². The quantitative estimate of drug-likeness (QED) is 0.551. The first-order chi connectivity index (χ1) is 11.4. The van der Waals surface area contributed by atoms with Crippen LogP contribution in [0.4, 0.5) is 11.4 Å². The summed E-state index contributed by atoms with van der Waals surface area (Å²) in [6.07, 6.45) is 1.84. The molecule has 0 spiro atoms. The number of rotatable bonds is 4. The van der Waals surface area contributed by atoms with E-state index in [1.54, 1.807) is 19.1 Å². The maximum absolute atomic E-state index is 5.15. The number of fused-ring (bicyclic) bond motifs is 5. The van der Waals surface area contributed by atoms with Gasteiger partial charge in [0.15, 0.2) is 0 Å². The number of benzene rings is 2. The van der Waals surface area contributed by atoms with E-state index in [2.05, 4.69) is 51.4 Å². The van der Waals surface area contributed by atoms with Crippen LogP contribution in [0.2, 0.25) is 0 Å². The molecule has 2 N–H and O–H groups in total. The molecule has 0 radical (unpaired) electrons. The summed E-state index contributed by atoms with van der Waals surface area (Å²) in [6.45, 7) is 1.44. The summed E-state index contributed by atoms with van der Waals surface area (Å²) in [5.74, 6) is 0. The highest BCUT2D eigenvalue weighted by Gasteiger charge is 2.20. The fraction of sp³-hybridized carbons (Fsp3) is 0.167. The maximum Gasteiger partial charge on any atom is 0.0968 e. The van der Waals surface area contributed by atoms with Gasteiger partial charge in [-0.2, -0.15) is 0 Å². The molecule has 4 rings (SSSR count). The first-order valence-corrected chi connectivity index (χ1v) is 8.37. The summed E-state index contributed by atoms with van der Waals surface area (Å²) in [6, 6.07) is 14.7. The summed E-state index contributed by atoms with van der Waals surface area (Å²) in [4.78, 5) is 5.84. The first-order valence-electron chi connectivity index (χ1n) is 7.55. The highest BCUT2D eigenvalue weighted by molar-refractivity contribution is 8.00. The minimum absolute atomic E-state index is 0.670. The number of hydrogen-bond donors (Lipinski definition) is 2. The highest BCUT2D eigenvalue weighted by atomic mass is 32.2. The summed E-state index contributed by atoms with van der Waals surface area (Å²) < 4.78 is 8.61. The Morgan fingerprint density at radius 2 is 2.09 bits per heavy atom. The number of hydrogen-bond acceptors (Lipinski definition) is 5. The number of anilines is 2. The van der Waals surface area contributed by atoms with Crippen molar-refractivity contribution >= 4 is 34.2 Å². The fourth-order valence-electron chi connectivity index (χ4n) is 2.88. The second-order valence-electron chi connectivity index (χ2n) is 5.37. The SMILES string of the molecule is COCCNc1cc2c(c3ncccc13)NSc1ccccc1-2. The van der Waals surface area contributed by atoms with Gasteiger partial charge >= 0.3 is 0 Å². The lowest BCUT2D eigenvalue weighted by atomic mass is 9.99. The van der Waals surface area contributed by atoms with Gasteiger partial charge in [-0.25, -0.2) is 0 Å². The first kappa shape index (κ1) is 14.4. The summed E-state index contributed by atoms with van der Waals surface area (Å²) in [5.41, 5.74) is 5.60. The largest absolute Gasteiger partial charge is 0.383 e. The minimum atomic E-state index is 0.670. The van der Waals surface area contributed by atoms with E-state index >= 15 is 0 Å². The standard InChI is InChI=1S/C18H17N3OS/c1-22-10-9-19-15-11-14-12-5-2-3-7-16(12)23-21-18(14)17-13(15)6-4-8-20-17/h2-8,11,19,21H,9-10H2,1H3. The topological polar surface area (TPSA) is 46.2 Å². The molecule has 1 aromatic heterocycles. The molecule has 4 nitrogen and oxygen atoms in total. The molecule has 116 valence electrons. The van der Waals surface area contributed by atoms with Gasteiger partial charge in [0.1, 0.15) is 0 Å². The molecule has 0 fully saturated rings. The third-order valence-corrected chi connectivity index (χ3v) is 4.84. The predicted octanol–water partition coefficient (Wildman–Crippen LogP) is 4.39. The molecule has 1 aliphatic heterocycles. The fourth-order valence-corrected chi connectivity index (χ4v) is 3.73. The molecule has 0 bridgehead atoms. The molecule has 5 heteroatoms. The molecule has 23 heavy (non-hydrogen) atoms. The Morgan fingerprint density at radius 3 is 3.00 bits per heavy atom. The van der Waals surface area contributed by atoms with Gasteiger partial charge in [0.25, 0.3) is 0 Å². The van der Waals surface area contributed by atoms with Crippen molar-refractivity contribution in [2.24, 2.45) is 0 Å². The van der Waals surface area contributed by atoms with Gasteiger partial charge in [-0.05, 0) is 41.8 Å². The van der Waals surface area contributed by atoms with E-state index in [1.165, 1.54) is 16.0 Å². The van der Waals surface area contributed by atoms with Crippen molar-refractivity contribution in [3.63, 3.8) is 0 Å². The van der Waals surface area contributed by atoms with Gasteiger partial charge in [0.05, 0.1) is 17.8 Å². The van der Waals surface area contributed by atoms with Crippen LogP contribution in [-0.2, 0) is 4.74 Å². The number of aromatic nitrogens is 1. The Kier molecular flexibility index (Phi) is 3.81. The lowest BCUT2D eigenvalue weighted by Gasteiger charge is -2.23. The van der Waals surface area contributed by atoms with Crippen LogP contribution in [0.25, 0.3) is 22.0 Å². The van der Waals surface area contributed by atoms with E-state index in [0.29, 0.717) is 6.61 Å². The van der Waals surface area contributed by atoms with Gasteiger partial charge in [-0.1, -0.05) is 18.2 Å². The van der Waals surface area contributed by atoms with Crippen molar-refractivity contribution in [2.75, 3.05) is 30.3 Å². The number of nitrogens with zero attached hydrogens (tertiary/aromatic N) is 1. The van der Waals surface area contributed by atoms with Crippen molar-refractivity contribution in [3.8, 4) is 11.1 Å². The highest BCUT2D eigenvalue weighted by Crippen LogP contribution is 2.46. The van der Waals surface area contributed by atoms with Crippen LogP contribution >= 0.6 is 11.9 Å². The van der Waals surface area contributed by atoms with Crippen LogP contribution in [0.5, 0.6) is 0 Å². The molecule has 0 saturated heterocycles. The van der Waals surface area contributed by atoms with Crippen LogP contribution in [0.3, 0.4) is 0 Å². The Morgan fingerprint density at radius 1 is 1.17 bits per heavy atom. The zero-order valence-corrected chi connectivity index (χ0v) is 13.6. The third-order valence-electron chi connectivity index (χ3n) is 3.95. The van der Waals surface area contributed by atoms with Crippen LogP contribution in [0.15, 0.2) is 53.6 Å². The van der Waals surface area contributed by atoms with Gasteiger partial charge in [-0.15, -0.1) is 0 Å². The summed E-state index contributed by atoms with van der Waals surface area (Å²) in [5, 5.41) is 4.59. The molecule has 1 aliphatic rings. The van der Waals surface area contributed by atoms with Crippen molar-refractivity contribution < 1.29 is 4.74 Å². The monoisotopic (exact) mass is 323 g/mol. The Labute approximate surface area is 139 Å². The molecule has 0 aliphatic carbocycles. The normalized spacial score (nSPS) is 12.4. The van der Waals surface area contributed by atoms with Gasteiger partial charge in [0, 0.05) is 41.4 Å². The zero-order valence-electron chi connectivity index (χ0n) is 12.8. The minimum Gasteiger partial charge on any atom is -0.383 e. The van der Waals surface area contributed by atoms with E-state index < -0.39 is 0 Å². The summed E-state index contributed by atoms with van der Waals surface area (Å²) in [7, 11) is 1.71. The molecule has 0 unspecified atom stereocenters. The Bertz CT molecular complexity index is 866. The van der Waals surface area contributed by atoms with E-state index in [-0.39, 0.29) is 0 Å². The lowest BCUT2D eigenvalue weighted by Crippen LogP contribution is -2.09. The number of ether oxygens (including phenoxy) is 1. The van der Waals surface area contributed by atoms with Crippen LogP contribution in [0.1, 0.15) is 0 Å². The number of methoxy groups -OCH3 is 1. The second kappa shape index (κ2) is 6.10. The van der Waals surface area contributed by atoms with Crippen LogP contribution in [0, 0.1) is 0 Å². The molecule has 3 aromatic rings. The van der Waals surface area contributed by atoms with Gasteiger partial charge < -0.3 is 14.8 Å².